The molecule has 0 bridgehead atoms. The summed E-state index contributed by atoms with van der Waals surface area (Å²) in [6.45, 7) is 0. The van der Waals surface area contributed by atoms with Gasteiger partial charge < -0.3 is 5.32 Å². The summed E-state index contributed by atoms with van der Waals surface area (Å²) in [5, 5.41) is 3.27. The van der Waals surface area contributed by atoms with Gasteiger partial charge in [0.15, 0.2) is 5.13 Å². The first-order valence-electron chi connectivity index (χ1n) is 9.84. The molecule has 2 heterocycles. The van der Waals surface area contributed by atoms with Crippen molar-refractivity contribution in [2.75, 3.05) is 17.3 Å². The van der Waals surface area contributed by atoms with Crippen molar-refractivity contribution in [1.82, 2.24) is 9.88 Å². The fourth-order valence-corrected chi connectivity index (χ4v) is 4.84. The Labute approximate surface area is 188 Å². The molecule has 0 radical (unpaired) electrons. The van der Waals surface area contributed by atoms with E-state index in [0.717, 1.165) is 21.8 Å². The quantitative estimate of drug-likeness (QED) is 0.522. The van der Waals surface area contributed by atoms with E-state index in [1.54, 1.807) is 42.2 Å². The molecule has 1 aromatic heterocycles. The minimum atomic E-state index is -0.888. The molecule has 3 aromatic rings. The number of hydrogen-bond donors (Lipinski definition) is 1. The van der Waals surface area contributed by atoms with E-state index in [0.29, 0.717) is 28.4 Å². The van der Waals surface area contributed by atoms with Gasteiger partial charge in [0, 0.05) is 17.5 Å². The molecule has 8 heteroatoms. The van der Waals surface area contributed by atoms with Gasteiger partial charge in [0.05, 0.1) is 11.1 Å². The topological polar surface area (TPSA) is 79.4 Å². The first-order chi connectivity index (χ1) is 15.1. The first-order valence-corrected chi connectivity index (χ1v) is 12.0. The molecule has 1 N–H and O–H groups in total. The van der Waals surface area contributed by atoms with Crippen LogP contribution >= 0.6 is 23.1 Å². The maximum Gasteiger partial charge on any atom is 0.262 e. The number of aromatic nitrogens is 1. The van der Waals surface area contributed by atoms with Crippen LogP contribution in [0.1, 0.15) is 37.6 Å². The Morgan fingerprint density at radius 2 is 1.71 bits per heavy atom. The number of thiazole rings is 1. The normalized spacial score (nSPS) is 13.9. The van der Waals surface area contributed by atoms with Crippen LogP contribution in [-0.4, -0.2) is 45.7 Å². The monoisotopic (exact) mass is 451 g/mol. The van der Waals surface area contributed by atoms with E-state index < -0.39 is 23.8 Å². The Hall–Kier alpha value is -2.97. The summed E-state index contributed by atoms with van der Waals surface area (Å²) < 4.78 is 0. The Morgan fingerprint density at radius 3 is 2.35 bits per heavy atom. The highest BCUT2D eigenvalue weighted by molar-refractivity contribution is 7.98. The Morgan fingerprint density at radius 1 is 1.06 bits per heavy atom. The summed E-state index contributed by atoms with van der Waals surface area (Å²) in [5.74, 6) is -0.608. The van der Waals surface area contributed by atoms with Crippen LogP contribution < -0.4 is 5.32 Å². The molecule has 2 aromatic carbocycles. The summed E-state index contributed by atoms with van der Waals surface area (Å²) in [5.41, 5.74) is 1.84. The van der Waals surface area contributed by atoms with Crippen LogP contribution in [0.3, 0.4) is 0 Å². The zero-order valence-electron chi connectivity index (χ0n) is 16.9. The third-order valence-corrected chi connectivity index (χ3v) is 6.60. The summed E-state index contributed by atoms with van der Waals surface area (Å²) in [6, 6.07) is 15.8. The molecule has 6 nitrogen and oxygen atoms in total. The lowest BCUT2D eigenvalue weighted by molar-refractivity contribution is -0.120. The number of nitrogens with one attached hydrogen (secondary N) is 1. The second-order valence-corrected chi connectivity index (χ2v) is 9.21. The van der Waals surface area contributed by atoms with Crippen LogP contribution in [0.25, 0.3) is 0 Å². The van der Waals surface area contributed by atoms with Crippen molar-refractivity contribution in [3.05, 3.63) is 82.4 Å². The van der Waals surface area contributed by atoms with Gasteiger partial charge in [-0.3, -0.25) is 19.3 Å². The van der Waals surface area contributed by atoms with Gasteiger partial charge in [-0.25, -0.2) is 4.98 Å². The van der Waals surface area contributed by atoms with E-state index in [1.807, 2.05) is 36.6 Å². The van der Waals surface area contributed by atoms with Gasteiger partial charge in [-0.2, -0.15) is 11.8 Å². The van der Waals surface area contributed by atoms with Gasteiger partial charge in [-0.1, -0.05) is 42.5 Å². The highest BCUT2D eigenvalue weighted by Gasteiger charge is 2.42. The van der Waals surface area contributed by atoms with E-state index in [2.05, 4.69) is 10.3 Å². The molecular formula is C23H21N3O3S2. The van der Waals surface area contributed by atoms with Gasteiger partial charge in [0.2, 0.25) is 5.91 Å². The van der Waals surface area contributed by atoms with Crippen LogP contribution in [0.15, 0.2) is 60.8 Å². The fourth-order valence-electron chi connectivity index (χ4n) is 3.53. The Balaban J connectivity index is 1.51. The highest BCUT2D eigenvalue weighted by atomic mass is 32.2. The summed E-state index contributed by atoms with van der Waals surface area (Å²) in [6.07, 6.45) is 4.77. The lowest BCUT2D eigenvalue weighted by Gasteiger charge is -2.24. The zero-order valence-corrected chi connectivity index (χ0v) is 18.5. The lowest BCUT2D eigenvalue weighted by Crippen LogP contribution is -2.47. The zero-order chi connectivity index (χ0) is 21.8. The number of fused-ring (bicyclic) bond motifs is 1. The minimum absolute atomic E-state index is 0.342. The van der Waals surface area contributed by atoms with E-state index in [9.17, 15) is 14.4 Å². The van der Waals surface area contributed by atoms with Gasteiger partial charge in [0.1, 0.15) is 6.04 Å². The molecular weight excluding hydrogens is 430 g/mol. The predicted octanol–water partition coefficient (Wildman–Crippen LogP) is 4.09. The molecule has 31 heavy (non-hydrogen) atoms. The molecule has 158 valence electrons. The molecule has 3 amide bonds. The number of carbonyl (C=O) groups is 3. The van der Waals surface area contributed by atoms with Gasteiger partial charge in [-0.05, 0) is 36.1 Å². The van der Waals surface area contributed by atoms with E-state index in [1.165, 1.54) is 11.3 Å². The number of amides is 3. The molecule has 1 unspecified atom stereocenters. The molecule has 0 saturated carbocycles. The van der Waals surface area contributed by atoms with Crippen LogP contribution in [0.5, 0.6) is 0 Å². The smallest absolute Gasteiger partial charge is 0.262 e. The number of carbonyl (C=O) groups excluding carboxylic acids is 3. The molecule has 1 aliphatic heterocycles. The highest BCUT2D eigenvalue weighted by Crippen LogP contribution is 2.27. The van der Waals surface area contributed by atoms with E-state index in [-0.39, 0.29) is 0 Å². The third kappa shape index (κ3) is 4.55. The molecule has 0 spiro atoms. The Bertz CT molecular complexity index is 1080. The average molecular weight is 452 g/mol. The van der Waals surface area contributed by atoms with Crippen molar-refractivity contribution in [1.29, 1.82) is 0 Å². The van der Waals surface area contributed by atoms with E-state index >= 15 is 0 Å². The van der Waals surface area contributed by atoms with Crippen molar-refractivity contribution in [2.45, 2.75) is 18.9 Å². The summed E-state index contributed by atoms with van der Waals surface area (Å²) in [4.78, 5) is 45.3. The van der Waals surface area contributed by atoms with Crippen LogP contribution in [0, 0.1) is 0 Å². The largest absolute Gasteiger partial charge is 0.300 e. The number of imide groups is 1. The molecule has 0 aliphatic carbocycles. The van der Waals surface area contributed by atoms with Crippen molar-refractivity contribution in [2.24, 2.45) is 0 Å². The number of nitrogens with zero attached hydrogens (tertiary/aromatic N) is 2. The lowest BCUT2D eigenvalue weighted by atomic mass is 10.1. The van der Waals surface area contributed by atoms with Crippen molar-refractivity contribution < 1.29 is 14.4 Å². The maximum absolute atomic E-state index is 13.1. The van der Waals surface area contributed by atoms with Crippen molar-refractivity contribution >= 4 is 46.0 Å². The summed E-state index contributed by atoms with van der Waals surface area (Å²) in [7, 11) is 0. The number of thioether (sulfide) groups is 1. The van der Waals surface area contributed by atoms with Gasteiger partial charge in [-0.15, -0.1) is 11.3 Å². The molecule has 4 rings (SSSR count). The van der Waals surface area contributed by atoms with Gasteiger partial charge in [0.25, 0.3) is 11.8 Å². The predicted molar refractivity (Wildman–Crippen MR) is 124 cm³/mol. The van der Waals surface area contributed by atoms with Crippen molar-refractivity contribution in [3.8, 4) is 0 Å². The molecule has 1 aliphatic rings. The number of hydrogen-bond acceptors (Lipinski definition) is 6. The van der Waals surface area contributed by atoms with Crippen LogP contribution in [0.2, 0.25) is 0 Å². The van der Waals surface area contributed by atoms with Crippen molar-refractivity contribution in [3.63, 3.8) is 0 Å². The summed E-state index contributed by atoms with van der Waals surface area (Å²) >= 11 is 2.95. The number of anilines is 1. The minimum Gasteiger partial charge on any atom is -0.300 e. The Kier molecular flexibility index (Phi) is 6.48. The molecule has 1 atom stereocenters. The number of benzene rings is 2. The third-order valence-electron chi connectivity index (χ3n) is 5.04. The second kappa shape index (κ2) is 9.45. The average Bonchev–Trinajstić information content (AvgIpc) is 3.32. The first kappa shape index (κ1) is 21.3. The SMILES string of the molecule is CSCCC(C(=O)Nc1ncc(Cc2ccccc2)s1)N1C(=O)c2ccccc2C1=O. The maximum atomic E-state index is 13.1. The second-order valence-electron chi connectivity index (χ2n) is 7.11. The van der Waals surface area contributed by atoms with Crippen LogP contribution in [-0.2, 0) is 11.2 Å². The van der Waals surface area contributed by atoms with Gasteiger partial charge >= 0.3 is 0 Å². The molecule has 0 saturated heterocycles. The standard InChI is InChI=1S/C23H21N3O3S2/c1-30-12-11-19(26-21(28)17-9-5-6-10-18(17)22(26)29)20(27)25-23-24-14-16(31-23)13-15-7-3-2-4-8-15/h2-10,14,19H,11-13H2,1H3,(H,24,25,27). The van der Waals surface area contributed by atoms with E-state index in [4.69, 9.17) is 0 Å². The van der Waals surface area contributed by atoms with Crippen LogP contribution in [0.4, 0.5) is 5.13 Å². The molecule has 0 fully saturated rings. The fraction of sp³-hybridized carbons (Fsp3) is 0.217. The number of rotatable bonds is 8.